The number of hydrazone groups is 1. The van der Waals surface area contributed by atoms with Crippen molar-refractivity contribution in [3.05, 3.63) is 100 Å². The lowest BCUT2D eigenvalue weighted by atomic mass is 9.87. The molecule has 0 unspecified atom stereocenters. The van der Waals surface area contributed by atoms with Crippen molar-refractivity contribution in [1.29, 1.82) is 0 Å². The molecule has 0 aliphatic carbocycles. The van der Waals surface area contributed by atoms with Crippen LogP contribution in [0.15, 0.2) is 77.9 Å². The molecule has 0 saturated heterocycles. The maximum absolute atomic E-state index is 12.3. The quantitative estimate of drug-likeness (QED) is 0.245. The van der Waals surface area contributed by atoms with E-state index < -0.39 is 5.97 Å². The predicted octanol–water partition coefficient (Wildman–Crippen LogP) is 5.62. The van der Waals surface area contributed by atoms with Crippen LogP contribution in [0.3, 0.4) is 0 Å². The fourth-order valence-electron chi connectivity index (χ4n) is 2.76. The van der Waals surface area contributed by atoms with E-state index in [1.165, 1.54) is 6.21 Å². The van der Waals surface area contributed by atoms with Crippen LogP contribution in [0.1, 0.15) is 52.6 Å². The fraction of sp³-hybridized carbons (Fsp3) is 0.160. The van der Waals surface area contributed by atoms with Crippen LogP contribution in [0.4, 0.5) is 0 Å². The fourth-order valence-corrected chi connectivity index (χ4v) is 2.89. The van der Waals surface area contributed by atoms with Crippen molar-refractivity contribution < 1.29 is 14.3 Å². The Kier molecular flexibility index (Phi) is 6.88. The third-order valence-electron chi connectivity index (χ3n) is 4.54. The van der Waals surface area contributed by atoms with Crippen LogP contribution >= 0.6 is 11.6 Å². The summed E-state index contributed by atoms with van der Waals surface area (Å²) in [7, 11) is 0. The number of nitrogens with zero attached hydrogens (tertiary/aromatic N) is 1. The lowest BCUT2D eigenvalue weighted by Crippen LogP contribution is -2.18. The normalized spacial score (nSPS) is 11.4. The van der Waals surface area contributed by atoms with Crippen LogP contribution in [0, 0.1) is 0 Å². The van der Waals surface area contributed by atoms with Gasteiger partial charge >= 0.3 is 5.97 Å². The van der Waals surface area contributed by atoms with Gasteiger partial charge in [0.2, 0.25) is 0 Å². The van der Waals surface area contributed by atoms with Gasteiger partial charge in [-0.05, 0) is 65.1 Å². The van der Waals surface area contributed by atoms with Gasteiger partial charge in [0.15, 0.2) is 0 Å². The summed E-state index contributed by atoms with van der Waals surface area (Å²) in [5.41, 5.74) is 5.27. The Balaban J connectivity index is 1.60. The third kappa shape index (κ3) is 6.27. The average Bonchev–Trinajstić information content (AvgIpc) is 2.74. The van der Waals surface area contributed by atoms with Crippen LogP contribution < -0.4 is 10.2 Å². The number of amides is 1. The summed E-state index contributed by atoms with van der Waals surface area (Å²) < 4.78 is 5.39. The van der Waals surface area contributed by atoms with Gasteiger partial charge < -0.3 is 4.74 Å². The van der Waals surface area contributed by atoms with Crippen molar-refractivity contribution in [2.75, 3.05) is 0 Å². The zero-order valence-corrected chi connectivity index (χ0v) is 18.3. The highest BCUT2D eigenvalue weighted by Gasteiger charge is 2.14. The van der Waals surface area contributed by atoms with Gasteiger partial charge in [0.05, 0.1) is 11.8 Å². The molecule has 158 valence electrons. The maximum atomic E-state index is 12.3. The molecule has 0 heterocycles. The molecule has 6 heteroatoms. The van der Waals surface area contributed by atoms with Crippen LogP contribution in [0.25, 0.3) is 0 Å². The van der Waals surface area contributed by atoms with E-state index in [4.69, 9.17) is 16.3 Å². The SMILES string of the molecule is CC(C)(C)c1ccc(C(=O)N/N=C\c2cccc(OC(=O)c3ccc(Cl)cc3)c2)cc1. The largest absolute Gasteiger partial charge is 0.423 e. The third-order valence-corrected chi connectivity index (χ3v) is 4.79. The number of nitrogens with one attached hydrogen (secondary N) is 1. The van der Waals surface area contributed by atoms with Crippen LogP contribution in [-0.2, 0) is 5.41 Å². The number of carbonyl (C=O) groups is 2. The minimum Gasteiger partial charge on any atom is -0.423 e. The molecule has 0 bridgehead atoms. The molecule has 3 rings (SSSR count). The van der Waals surface area contributed by atoms with Gasteiger partial charge in [-0.2, -0.15) is 5.10 Å². The molecular formula is C25H23ClN2O3. The first-order valence-corrected chi connectivity index (χ1v) is 10.1. The lowest BCUT2D eigenvalue weighted by Gasteiger charge is -2.18. The molecule has 0 radical (unpaired) electrons. The van der Waals surface area contributed by atoms with Crippen molar-refractivity contribution in [1.82, 2.24) is 5.43 Å². The summed E-state index contributed by atoms with van der Waals surface area (Å²) in [6.45, 7) is 6.35. The summed E-state index contributed by atoms with van der Waals surface area (Å²) in [6.07, 6.45) is 1.49. The number of ether oxygens (including phenoxy) is 1. The monoisotopic (exact) mass is 434 g/mol. The number of rotatable bonds is 5. The minimum absolute atomic E-state index is 0.0230. The molecule has 0 atom stereocenters. The Hall–Kier alpha value is -3.44. The average molecular weight is 435 g/mol. The molecule has 3 aromatic carbocycles. The van der Waals surface area contributed by atoms with E-state index in [1.54, 1.807) is 60.7 Å². The molecule has 1 amide bonds. The summed E-state index contributed by atoms with van der Waals surface area (Å²) in [6, 6.07) is 20.7. The minimum atomic E-state index is -0.488. The number of carbonyl (C=O) groups excluding carboxylic acids is 2. The molecule has 31 heavy (non-hydrogen) atoms. The molecular weight excluding hydrogens is 412 g/mol. The van der Waals surface area contributed by atoms with Gasteiger partial charge in [0.25, 0.3) is 5.91 Å². The summed E-state index contributed by atoms with van der Waals surface area (Å²) >= 11 is 5.84. The number of esters is 1. The van der Waals surface area contributed by atoms with Crippen molar-refractivity contribution in [3.8, 4) is 5.75 Å². The molecule has 1 N–H and O–H groups in total. The second-order valence-corrected chi connectivity index (χ2v) is 8.43. The highest BCUT2D eigenvalue weighted by molar-refractivity contribution is 6.30. The van der Waals surface area contributed by atoms with Crippen LogP contribution in [-0.4, -0.2) is 18.1 Å². The molecule has 0 fully saturated rings. The Morgan fingerprint density at radius 3 is 2.23 bits per heavy atom. The van der Waals surface area contributed by atoms with E-state index in [0.717, 1.165) is 5.56 Å². The number of hydrogen-bond donors (Lipinski definition) is 1. The summed E-state index contributed by atoms with van der Waals surface area (Å²) in [5, 5.41) is 4.54. The summed E-state index contributed by atoms with van der Waals surface area (Å²) in [4.78, 5) is 24.5. The molecule has 3 aromatic rings. The molecule has 0 spiro atoms. The Bertz CT molecular complexity index is 1100. The topological polar surface area (TPSA) is 67.8 Å². The number of halogens is 1. The Labute approximate surface area is 186 Å². The van der Waals surface area contributed by atoms with Crippen LogP contribution in [0.5, 0.6) is 5.75 Å². The first-order chi connectivity index (χ1) is 14.7. The van der Waals surface area contributed by atoms with Gasteiger partial charge in [0.1, 0.15) is 5.75 Å². The smallest absolute Gasteiger partial charge is 0.343 e. The number of benzene rings is 3. The molecule has 0 aliphatic heterocycles. The van der Waals surface area contributed by atoms with Gasteiger partial charge in [-0.15, -0.1) is 0 Å². The van der Waals surface area contributed by atoms with E-state index in [2.05, 4.69) is 31.3 Å². The molecule has 0 aliphatic rings. The van der Waals surface area contributed by atoms with Gasteiger partial charge in [-0.1, -0.05) is 56.6 Å². The zero-order chi connectivity index (χ0) is 22.4. The van der Waals surface area contributed by atoms with Crippen molar-refractivity contribution in [3.63, 3.8) is 0 Å². The highest BCUT2D eigenvalue weighted by Crippen LogP contribution is 2.22. The van der Waals surface area contributed by atoms with E-state index in [9.17, 15) is 9.59 Å². The summed E-state index contributed by atoms with van der Waals surface area (Å²) in [5.74, 6) is -0.423. The predicted molar refractivity (Wildman–Crippen MR) is 123 cm³/mol. The Morgan fingerprint density at radius 1 is 0.935 bits per heavy atom. The van der Waals surface area contributed by atoms with Crippen molar-refractivity contribution in [2.24, 2.45) is 5.10 Å². The van der Waals surface area contributed by atoms with E-state index in [-0.39, 0.29) is 11.3 Å². The van der Waals surface area contributed by atoms with Crippen molar-refractivity contribution >= 4 is 29.7 Å². The molecule has 0 saturated carbocycles. The van der Waals surface area contributed by atoms with Crippen LogP contribution in [0.2, 0.25) is 5.02 Å². The van der Waals surface area contributed by atoms with Gasteiger partial charge in [0, 0.05) is 10.6 Å². The van der Waals surface area contributed by atoms with Crippen molar-refractivity contribution in [2.45, 2.75) is 26.2 Å². The lowest BCUT2D eigenvalue weighted by molar-refractivity contribution is 0.0734. The van der Waals surface area contributed by atoms with E-state index in [1.807, 2.05) is 12.1 Å². The second-order valence-electron chi connectivity index (χ2n) is 8.00. The highest BCUT2D eigenvalue weighted by atomic mass is 35.5. The number of hydrogen-bond acceptors (Lipinski definition) is 4. The van der Waals surface area contributed by atoms with E-state index >= 15 is 0 Å². The molecule has 0 aromatic heterocycles. The van der Waals surface area contributed by atoms with Gasteiger partial charge in [-0.25, -0.2) is 10.2 Å². The molecule has 5 nitrogen and oxygen atoms in total. The van der Waals surface area contributed by atoms with Gasteiger partial charge in [-0.3, -0.25) is 4.79 Å². The first-order valence-electron chi connectivity index (χ1n) is 9.74. The Morgan fingerprint density at radius 2 is 1.58 bits per heavy atom. The standard InChI is InChI=1S/C25H23ClN2O3/c1-25(2,3)20-11-7-18(8-12-20)23(29)28-27-16-17-5-4-6-22(15-17)31-24(30)19-9-13-21(26)14-10-19/h4-16H,1-3H3,(H,28,29)/b27-16-. The first kappa shape index (κ1) is 22.2. The second kappa shape index (κ2) is 9.58. The van der Waals surface area contributed by atoms with E-state index in [0.29, 0.717) is 27.5 Å². The maximum Gasteiger partial charge on any atom is 0.343 e. The zero-order valence-electron chi connectivity index (χ0n) is 17.6.